The number of hydrogen-bond donors (Lipinski definition) is 1. The lowest BCUT2D eigenvalue weighted by Crippen LogP contribution is -2.31. The number of carbonyl (C=O) groups is 1. The maximum Gasteiger partial charge on any atom is 0.224 e. The Morgan fingerprint density at radius 1 is 0.865 bits per heavy atom. The van der Waals surface area contributed by atoms with Crippen LogP contribution in [0.3, 0.4) is 0 Å². The van der Waals surface area contributed by atoms with Crippen molar-refractivity contribution in [2.75, 3.05) is 25.0 Å². The second-order valence-electron chi connectivity index (χ2n) is 9.61. The molecule has 1 saturated heterocycles. The standard InChI is InChI=1S/C33H34N2O.ClH/c1-2-8-32(36)34-29-18-14-25(15-19-29)9-7-22-35-23-20-28(21-24-35)33-30-12-5-3-10-26(30)16-17-27-11-4-6-13-31(27)33;/h3-7,9-19H,2,8,20-24H2,1H3,(H,34,36);1H/b9-7+;. The lowest BCUT2D eigenvalue weighted by molar-refractivity contribution is -0.116. The highest BCUT2D eigenvalue weighted by Crippen LogP contribution is 2.38. The van der Waals surface area contributed by atoms with E-state index in [-0.39, 0.29) is 18.3 Å². The molecular formula is C33H35ClN2O. The van der Waals surface area contributed by atoms with Crippen LogP contribution < -0.4 is 5.32 Å². The number of hydrogen-bond acceptors (Lipinski definition) is 2. The summed E-state index contributed by atoms with van der Waals surface area (Å²) in [4.78, 5) is 14.3. The van der Waals surface area contributed by atoms with Crippen LogP contribution in [-0.4, -0.2) is 30.4 Å². The number of piperidine rings is 1. The van der Waals surface area contributed by atoms with Gasteiger partial charge in [-0.15, -0.1) is 12.4 Å². The van der Waals surface area contributed by atoms with Crippen LogP contribution in [0, 0.1) is 0 Å². The van der Waals surface area contributed by atoms with Crippen LogP contribution in [-0.2, 0) is 4.79 Å². The Labute approximate surface area is 227 Å². The number of anilines is 1. The van der Waals surface area contributed by atoms with Crippen LogP contribution in [0.2, 0.25) is 0 Å². The van der Waals surface area contributed by atoms with Crippen molar-refractivity contribution in [3.05, 3.63) is 112 Å². The zero-order valence-corrected chi connectivity index (χ0v) is 22.3. The molecule has 1 aliphatic heterocycles. The highest BCUT2D eigenvalue weighted by Gasteiger charge is 2.22. The van der Waals surface area contributed by atoms with Crippen molar-refractivity contribution < 1.29 is 4.79 Å². The van der Waals surface area contributed by atoms with E-state index in [2.05, 4.69) is 95.2 Å². The fraction of sp³-hybridized carbons (Fsp3) is 0.242. The zero-order valence-electron chi connectivity index (χ0n) is 21.5. The Balaban J connectivity index is 0.00000320. The molecule has 0 aromatic heterocycles. The predicted molar refractivity (Wildman–Crippen MR) is 160 cm³/mol. The number of amides is 1. The van der Waals surface area contributed by atoms with Gasteiger partial charge in [0, 0.05) is 31.7 Å². The molecular weight excluding hydrogens is 476 g/mol. The molecule has 5 rings (SSSR count). The molecule has 1 aliphatic carbocycles. The summed E-state index contributed by atoms with van der Waals surface area (Å²) in [5.41, 5.74) is 10.3. The second kappa shape index (κ2) is 12.7. The first kappa shape index (κ1) is 26.7. The molecule has 3 nitrogen and oxygen atoms in total. The molecule has 0 saturated carbocycles. The van der Waals surface area contributed by atoms with Crippen molar-refractivity contribution in [1.29, 1.82) is 0 Å². The quantitative estimate of drug-likeness (QED) is 0.285. The molecule has 0 bridgehead atoms. The van der Waals surface area contributed by atoms with Crippen LogP contribution in [0.4, 0.5) is 5.69 Å². The minimum Gasteiger partial charge on any atom is -0.326 e. The molecule has 1 amide bonds. The van der Waals surface area contributed by atoms with E-state index < -0.39 is 0 Å². The number of fused-ring (bicyclic) bond motifs is 2. The van der Waals surface area contributed by atoms with Gasteiger partial charge in [-0.2, -0.15) is 0 Å². The third-order valence-electron chi connectivity index (χ3n) is 7.06. The summed E-state index contributed by atoms with van der Waals surface area (Å²) in [7, 11) is 0. The van der Waals surface area contributed by atoms with Crippen LogP contribution >= 0.6 is 12.4 Å². The van der Waals surface area contributed by atoms with Gasteiger partial charge in [0.15, 0.2) is 0 Å². The van der Waals surface area contributed by atoms with Gasteiger partial charge in [-0.1, -0.05) is 97.5 Å². The Morgan fingerprint density at radius 3 is 2.05 bits per heavy atom. The molecule has 0 spiro atoms. The summed E-state index contributed by atoms with van der Waals surface area (Å²) in [6.07, 6.45) is 12.6. The maximum atomic E-state index is 11.8. The summed E-state index contributed by atoms with van der Waals surface area (Å²) >= 11 is 0. The van der Waals surface area contributed by atoms with Crippen molar-refractivity contribution in [2.45, 2.75) is 32.6 Å². The molecule has 37 heavy (non-hydrogen) atoms. The number of benzene rings is 3. The number of halogens is 1. The fourth-order valence-corrected chi connectivity index (χ4v) is 5.17. The smallest absolute Gasteiger partial charge is 0.224 e. The van der Waals surface area contributed by atoms with Crippen LogP contribution in [0.1, 0.15) is 60.4 Å². The highest BCUT2D eigenvalue weighted by atomic mass is 35.5. The molecule has 190 valence electrons. The largest absolute Gasteiger partial charge is 0.326 e. The van der Waals surface area contributed by atoms with E-state index in [1.807, 2.05) is 19.1 Å². The minimum absolute atomic E-state index is 0. The van der Waals surface area contributed by atoms with E-state index in [1.54, 1.807) is 5.57 Å². The normalized spacial score (nSPS) is 15.1. The van der Waals surface area contributed by atoms with Crippen molar-refractivity contribution in [2.24, 2.45) is 0 Å². The van der Waals surface area contributed by atoms with E-state index in [0.717, 1.165) is 50.1 Å². The molecule has 0 atom stereocenters. The fourth-order valence-electron chi connectivity index (χ4n) is 5.17. The van der Waals surface area contributed by atoms with Gasteiger partial charge < -0.3 is 5.32 Å². The number of likely N-dealkylation sites (tertiary alicyclic amines) is 1. The number of nitrogens with zero attached hydrogens (tertiary/aromatic N) is 1. The lowest BCUT2D eigenvalue weighted by Gasteiger charge is -2.29. The molecule has 1 fully saturated rings. The average molecular weight is 511 g/mol. The van der Waals surface area contributed by atoms with Crippen LogP contribution in [0.15, 0.2) is 84.4 Å². The van der Waals surface area contributed by atoms with E-state index in [4.69, 9.17) is 0 Å². The summed E-state index contributed by atoms with van der Waals surface area (Å²) in [5.74, 6) is 0.0762. The van der Waals surface area contributed by atoms with Crippen molar-refractivity contribution in [1.82, 2.24) is 4.90 Å². The zero-order chi connectivity index (χ0) is 24.7. The van der Waals surface area contributed by atoms with Crippen LogP contribution in [0.5, 0.6) is 0 Å². The van der Waals surface area contributed by atoms with Crippen LogP contribution in [0.25, 0.3) is 23.8 Å². The molecule has 4 heteroatoms. The monoisotopic (exact) mass is 510 g/mol. The SMILES string of the molecule is CCCC(=O)Nc1ccc(/C=C/CN2CCC(=C3c4ccccc4C=Cc4ccccc43)CC2)cc1.Cl. The Kier molecular flexibility index (Phi) is 9.16. The molecule has 1 heterocycles. The minimum atomic E-state index is 0. The van der Waals surface area contributed by atoms with E-state index in [9.17, 15) is 4.79 Å². The predicted octanol–water partition coefficient (Wildman–Crippen LogP) is 7.94. The molecule has 0 unspecified atom stereocenters. The Morgan fingerprint density at radius 2 is 1.46 bits per heavy atom. The lowest BCUT2D eigenvalue weighted by atomic mass is 9.86. The maximum absolute atomic E-state index is 11.8. The number of nitrogens with one attached hydrogen (secondary N) is 1. The van der Waals surface area contributed by atoms with Gasteiger partial charge in [0.25, 0.3) is 0 Å². The highest BCUT2D eigenvalue weighted by molar-refractivity contribution is 5.95. The molecule has 3 aromatic carbocycles. The van der Waals surface area contributed by atoms with Gasteiger partial charge in [0.05, 0.1) is 0 Å². The molecule has 1 N–H and O–H groups in total. The Bertz CT molecular complexity index is 1260. The Hall–Kier alpha value is -3.40. The van der Waals surface area contributed by atoms with Gasteiger partial charge in [0.2, 0.25) is 5.91 Å². The second-order valence-corrected chi connectivity index (χ2v) is 9.61. The first-order chi connectivity index (χ1) is 17.7. The average Bonchev–Trinajstić information content (AvgIpc) is 3.07. The number of carbonyl (C=O) groups excluding carboxylic acids is 1. The van der Waals surface area contributed by atoms with E-state index in [1.165, 1.54) is 27.8 Å². The summed E-state index contributed by atoms with van der Waals surface area (Å²) in [5, 5.41) is 2.95. The van der Waals surface area contributed by atoms with E-state index >= 15 is 0 Å². The summed E-state index contributed by atoms with van der Waals surface area (Å²) in [6, 6.07) is 25.7. The molecule has 3 aromatic rings. The first-order valence-electron chi connectivity index (χ1n) is 13.1. The van der Waals surface area contributed by atoms with Gasteiger partial charge in [-0.3, -0.25) is 9.69 Å². The molecule has 2 aliphatic rings. The summed E-state index contributed by atoms with van der Waals surface area (Å²) < 4.78 is 0. The van der Waals surface area contributed by atoms with Gasteiger partial charge in [-0.05, 0) is 64.8 Å². The van der Waals surface area contributed by atoms with Gasteiger partial charge >= 0.3 is 0 Å². The van der Waals surface area contributed by atoms with Gasteiger partial charge in [-0.25, -0.2) is 0 Å². The third-order valence-corrected chi connectivity index (χ3v) is 7.06. The third kappa shape index (κ3) is 6.49. The summed E-state index contributed by atoms with van der Waals surface area (Å²) in [6.45, 7) is 5.11. The first-order valence-corrected chi connectivity index (χ1v) is 13.1. The topological polar surface area (TPSA) is 32.3 Å². The van der Waals surface area contributed by atoms with Crippen molar-refractivity contribution >= 4 is 47.8 Å². The van der Waals surface area contributed by atoms with Gasteiger partial charge in [0.1, 0.15) is 0 Å². The van der Waals surface area contributed by atoms with Crippen molar-refractivity contribution in [3.63, 3.8) is 0 Å². The van der Waals surface area contributed by atoms with Crippen molar-refractivity contribution in [3.8, 4) is 0 Å². The van der Waals surface area contributed by atoms with E-state index in [0.29, 0.717) is 6.42 Å². The number of rotatable bonds is 6. The molecule has 0 radical (unpaired) electrons.